The Labute approximate surface area is 192 Å². The van der Waals surface area contributed by atoms with Crippen LogP contribution in [0.5, 0.6) is 5.75 Å². The van der Waals surface area contributed by atoms with E-state index in [1.807, 2.05) is 38.1 Å². The van der Waals surface area contributed by atoms with Gasteiger partial charge in [0.1, 0.15) is 5.75 Å². The third kappa shape index (κ3) is 8.26. The number of aliphatic hydroxyl groups is 2. The van der Waals surface area contributed by atoms with Gasteiger partial charge in [0.15, 0.2) is 0 Å². The molecule has 0 bridgehead atoms. The molecule has 0 aliphatic carbocycles. The smallest absolute Gasteiger partial charge is 0.251 e. The largest absolute Gasteiger partial charge is 0.494 e. The quantitative estimate of drug-likeness (QED) is 0.404. The molecule has 0 aromatic heterocycles. The molecule has 1 amide bonds. The average molecular weight is 443 g/mol. The van der Waals surface area contributed by atoms with Crippen molar-refractivity contribution in [3.8, 4) is 5.75 Å². The molecule has 0 aliphatic rings. The second kappa shape index (κ2) is 12.0. The van der Waals surface area contributed by atoms with Crippen LogP contribution in [-0.2, 0) is 6.42 Å². The number of nitrogens with one attached hydrogen (secondary N) is 2. The maximum absolute atomic E-state index is 12.5. The van der Waals surface area contributed by atoms with Crippen LogP contribution in [0, 0.1) is 6.92 Å². The fourth-order valence-electron chi connectivity index (χ4n) is 3.45. The molecule has 2 aromatic rings. The first-order chi connectivity index (χ1) is 15.1. The van der Waals surface area contributed by atoms with Crippen molar-refractivity contribution in [3.05, 3.63) is 64.7 Å². The van der Waals surface area contributed by atoms with Crippen molar-refractivity contribution in [2.75, 3.05) is 19.7 Å². The number of carbonyl (C=O) groups excluding carboxylic acids is 1. The third-order valence-corrected chi connectivity index (χ3v) is 5.42. The van der Waals surface area contributed by atoms with Crippen molar-refractivity contribution in [1.82, 2.24) is 10.6 Å². The number of hydrogen-bond acceptors (Lipinski definition) is 5. The van der Waals surface area contributed by atoms with E-state index in [1.165, 1.54) is 5.56 Å². The van der Waals surface area contributed by atoms with Gasteiger partial charge < -0.3 is 25.6 Å². The maximum Gasteiger partial charge on any atom is 0.251 e. The Morgan fingerprint density at radius 1 is 1.09 bits per heavy atom. The monoisotopic (exact) mass is 442 g/mol. The van der Waals surface area contributed by atoms with Crippen LogP contribution in [0.15, 0.2) is 42.5 Å². The van der Waals surface area contributed by atoms with Crippen molar-refractivity contribution in [3.63, 3.8) is 0 Å². The highest BCUT2D eigenvalue weighted by Crippen LogP contribution is 2.22. The topological polar surface area (TPSA) is 90.8 Å². The summed E-state index contributed by atoms with van der Waals surface area (Å²) in [5.41, 5.74) is 3.03. The second-order valence-corrected chi connectivity index (χ2v) is 9.01. The normalized spacial score (nSPS) is 13.5. The molecule has 0 saturated heterocycles. The second-order valence-electron chi connectivity index (χ2n) is 9.01. The Bertz CT molecular complexity index is 863. The summed E-state index contributed by atoms with van der Waals surface area (Å²) >= 11 is 0. The summed E-state index contributed by atoms with van der Waals surface area (Å²) in [6, 6.07) is 13.6. The van der Waals surface area contributed by atoms with Gasteiger partial charge in [-0.25, -0.2) is 0 Å². The molecule has 0 fully saturated rings. The van der Waals surface area contributed by atoms with Crippen LogP contribution in [-0.4, -0.2) is 47.5 Å². The van der Waals surface area contributed by atoms with Gasteiger partial charge in [-0.1, -0.05) is 29.8 Å². The molecule has 32 heavy (non-hydrogen) atoms. The molecule has 6 nitrogen and oxygen atoms in total. The van der Waals surface area contributed by atoms with Gasteiger partial charge in [-0.2, -0.15) is 0 Å². The van der Waals surface area contributed by atoms with Crippen molar-refractivity contribution >= 4 is 5.91 Å². The minimum Gasteiger partial charge on any atom is -0.494 e. The predicted octanol–water partition coefficient (Wildman–Crippen LogP) is 3.54. The number of carbonyl (C=O) groups is 1. The van der Waals surface area contributed by atoms with E-state index < -0.39 is 12.2 Å². The zero-order chi connectivity index (χ0) is 23.7. The molecule has 2 aromatic carbocycles. The van der Waals surface area contributed by atoms with Crippen LogP contribution in [0.1, 0.15) is 67.3 Å². The van der Waals surface area contributed by atoms with E-state index in [2.05, 4.69) is 36.6 Å². The number of benzene rings is 2. The lowest BCUT2D eigenvalue weighted by atomic mass is 9.94. The minimum atomic E-state index is -0.827. The summed E-state index contributed by atoms with van der Waals surface area (Å²) in [4.78, 5) is 12.5. The number of rotatable bonds is 12. The number of amides is 1. The number of β-amino-alcohol motifs (C(OH)–C–C–N with tert-alkyl or cyclic N) is 1. The van der Waals surface area contributed by atoms with E-state index in [0.29, 0.717) is 24.3 Å². The van der Waals surface area contributed by atoms with E-state index in [9.17, 15) is 15.0 Å². The average Bonchev–Trinajstić information content (AvgIpc) is 2.75. The summed E-state index contributed by atoms with van der Waals surface area (Å²) < 4.78 is 5.49. The van der Waals surface area contributed by atoms with Gasteiger partial charge in [0.2, 0.25) is 0 Å². The first kappa shape index (κ1) is 25.8. The summed E-state index contributed by atoms with van der Waals surface area (Å²) in [5, 5.41) is 26.5. The zero-order valence-electron chi connectivity index (χ0n) is 19.9. The molecule has 0 saturated carbocycles. The molecule has 2 atom stereocenters. The van der Waals surface area contributed by atoms with E-state index >= 15 is 0 Å². The third-order valence-electron chi connectivity index (χ3n) is 5.42. The summed E-state index contributed by atoms with van der Waals surface area (Å²) in [6.45, 7) is 10.9. The maximum atomic E-state index is 12.5. The number of ether oxygens (including phenoxy) is 1. The lowest BCUT2D eigenvalue weighted by molar-refractivity contribution is 0.0915. The molecule has 0 heterocycles. The summed E-state index contributed by atoms with van der Waals surface area (Å²) in [5.74, 6) is 0.581. The van der Waals surface area contributed by atoms with E-state index in [1.54, 1.807) is 13.0 Å². The summed E-state index contributed by atoms with van der Waals surface area (Å²) in [6.07, 6.45) is 0.339. The van der Waals surface area contributed by atoms with Crippen molar-refractivity contribution in [2.24, 2.45) is 0 Å². The van der Waals surface area contributed by atoms with E-state index in [0.717, 1.165) is 24.2 Å². The predicted molar refractivity (Wildman–Crippen MR) is 128 cm³/mol. The lowest BCUT2D eigenvalue weighted by Crippen LogP contribution is -2.42. The number of aliphatic hydroxyl groups excluding tert-OH is 2. The molecule has 2 unspecified atom stereocenters. The molecule has 0 aliphatic heterocycles. The molecular weight excluding hydrogens is 404 g/mol. The van der Waals surface area contributed by atoms with Crippen LogP contribution >= 0.6 is 0 Å². The Morgan fingerprint density at radius 3 is 2.41 bits per heavy atom. The van der Waals surface area contributed by atoms with Crippen LogP contribution < -0.4 is 15.4 Å². The first-order valence-electron chi connectivity index (χ1n) is 11.3. The highest BCUT2D eigenvalue weighted by atomic mass is 16.5. The van der Waals surface area contributed by atoms with Crippen LogP contribution in [0.3, 0.4) is 0 Å². The Kier molecular flexibility index (Phi) is 9.69. The fraction of sp³-hybridized carbons (Fsp3) is 0.500. The molecule has 176 valence electrons. The Balaban J connectivity index is 1.97. The highest BCUT2D eigenvalue weighted by molar-refractivity contribution is 5.95. The van der Waals surface area contributed by atoms with Crippen LogP contribution in [0.25, 0.3) is 0 Å². The van der Waals surface area contributed by atoms with Gasteiger partial charge >= 0.3 is 0 Å². The van der Waals surface area contributed by atoms with E-state index in [-0.39, 0.29) is 18.0 Å². The van der Waals surface area contributed by atoms with E-state index in [4.69, 9.17) is 4.74 Å². The number of aryl methyl sites for hydroxylation is 2. The number of hydrogen-bond donors (Lipinski definition) is 4. The van der Waals surface area contributed by atoms with Gasteiger partial charge in [0.05, 0.1) is 18.8 Å². The van der Waals surface area contributed by atoms with Crippen molar-refractivity contribution < 1.29 is 19.7 Å². The Morgan fingerprint density at radius 2 is 1.78 bits per heavy atom. The molecule has 4 N–H and O–H groups in total. The standard InChI is InChI=1S/C26H38N2O4/c1-6-32-21-10-8-20(9-11-21)13-14-26(4,5)28-17-24(30)23-15-18(2)7-12-22(23)25(31)27-16-19(3)29/h7-12,15,19,24,28-30H,6,13-14,16-17H2,1-5H3,(H,27,31). The zero-order valence-corrected chi connectivity index (χ0v) is 19.9. The van der Waals surface area contributed by atoms with Gasteiger partial charge in [-0.05, 0) is 76.8 Å². The summed E-state index contributed by atoms with van der Waals surface area (Å²) in [7, 11) is 0. The van der Waals surface area contributed by atoms with Gasteiger partial charge in [-0.3, -0.25) is 4.79 Å². The van der Waals surface area contributed by atoms with Crippen LogP contribution in [0.4, 0.5) is 0 Å². The van der Waals surface area contributed by atoms with Crippen molar-refractivity contribution in [2.45, 2.75) is 65.2 Å². The SMILES string of the molecule is CCOc1ccc(CCC(C)(C)NCC(O)c2cc(C)ccc2C(=O)NCC(C)O)cc1. The molecular formula is C26H38N2O4. The molecule has 2 rings (SSSR count). The first-order valence-corrected chi connectivity index (χ1v) is 11.3. The highest BCUT2D eigenvalue weighted by Gasteiger charge is 2.22. The van der Waals surface area contributed by atoms with Gasteiger partial charge in [0, 0.05) is 24.2 Å². The molecule has 0 radical (unpaired) electrons. The van der Waals surface area contributed by atoms with Crippen molar-refractivity contribution in [1.29, 1.82) is 0 Å². The van der Waals surface area contributed by atoms with Gasteiger partial charge in [0.25, 0.3) is 5.91 Å². The van der Waals surface area contributed by atoms with Gasteiger partial charge in [-0.15, -0.1) is 0 Å². The Hall–Kier alpha value is -2.41. The lowest BCUT2D eigenvalue weighted by Gasteiger charge is -2.28. The molecule has 0 spiro atoms. The van der Waals surface area contributed by atoms with Crippen LogP contribution in [0.2, 0.25) is 0 Å². The fourth-order valence-corrected chi connectivity index (χ4v) is 3.45. The molecule has 6 heteroatoms. The minimum absolute atomic E-state index is 0.166.